The summed E-state index contributed by atoms with van der Waals surface area (Å²) < 4.78 is 20.7. The quantitative estimate of drug-likeness (QED) is 0.224. The molecule has 5 heteroatoms. The van der Waals surface area contributed by atoms with Crippen molar-refractivity contribution < 1.29 is 8.96 Å². The molecule has 3 nitrogen and oxygen atoms in total. The Morgan fingerprint density at radius 1 is 0.757 bits per heavy atom. The Morgan fingerprint density at radius 2 is 1.38 bits per heavy atom. The van der Waals surface area contributed by atoms with Gasteiger partial charge in [-0.05, 0) is 66.4 Å². The first-order chi connectivity index (χ1) is 18.1. The van der Waals surface area contributed by atoms with Gasteiger partial charge in [0.2, 0.25) is 5.83 Å². The van der Waals surface area contributed by atoms with Crippen molar-refractivity contribution in [3.8, 4) is 22.3 Å². The number of imidazole rings is 1. The van der Waals surface area contributed by atoms with Gasteiger partial charge in [-0.2, -0.15) is 4.39 Å². The van der Waals surface area contributed by atoms with Crippen LogP contribution in [-0.4, -0.2) is 11.1 Å². The van der Waals surface area contributed by atoms with Crippen LogP contribution in [0.1, 0.15) is 19.7 Å². The molecule has 5 aromatic rings. The number of fused-ring (bicyclic) bond motifs is 2. The average Bonchev–Trinajstić information content (AvgIpc) is 3.47. The van der Waals surface area contributed by atoms with Crippen LogP contribution in [0, 0.1) is 0 Å². The second-order valence-corrected chi connectivity index (χ2v) is 10.2. The van der Waals surface area contributed by atoms with Crippen LogP contribution in [0.25, 0.3) is 39.1 Å². The molecule has 0 atom stereocenters. The van der Waals surface area contributed by atoms with Gasteiger partial charge in [0.1, 0.15) is 5.03 Å². The summed E-state index contributed by atoms with van der Waals surface area (Å²) in [6.07, 6.45) is 0. The van der Waals surface area contributed by atoms with Gasteiger partial charge in [-0.1, -0.05) is 78.5 Å². The molecule has 1 aliphatic rings. The van der Waals surface area contributed by atoms with Crippen LogP contribution in [0.15, 0.2) is 107 Å². The van der Waals surface area contributed by atoms with Crippen molar-refractivity contribution >= 4 is 34.3 Å². The molecule has 0 aliphatic carbocycles. The summed E-state index contributed by atoms with van der Waals surface area (Å²) in [6.45, 7) is 5.53. The number of thioether (sulfide) groups is 1. The largest absolute Gasteiger partial charge is 0.333 e. The molecule has 0 unspecified atom stereocenters. The van der Waals surface area contributed by atoms with Crippen molar-refractivity contribution in [3.63, 3.8) is 0 Å². The van der Waals surface area contributed by atoms with E-state index in [1.54, 1.807) is 0 Å². The predicted molar refractivity (Wildman–Crippen MR) is 153 cm³/mol. The Balaban J connectivity index is 1.47. The van der Waals surface area contributed by atoms with Gasteiger partial charge in [0.15, 0.2) is 11.0 Å². The lowest BCUT2D eigenvalue weighted by Gasteiger charge is -2.19. The number of hydrogen-bond acceptors (Lipinski definition) is 2. The Hall–Kier alpha value is -3.83. The lowest BCUT2D eigenvalue weighted by Crippen LogP contribution is -2.33. The maximum absolute atomic E-state index is 16.6. The van der Waals surface area contributed by atoms with Gasteiger partial charge >= 0.3 is 5.82 Å². The van der Waals surface area contributed by atoms with E-state index in [1.807, 2.05) is 48.0 Å². The number of hydrogen-bond donors (Lipinski definition) is 0. The number of aromatic nitrogens is 2. The molecule has 184 valence electrons. The number of aryl methyl sites for hydroxylation is 2. The maximum Gasteiger partial charge on any atom is 0.321 e. The van der Waals surface area contributed by atoms with Crippen molar-refractivity contribution in [2.45, 2.75) is 25.3 Å². The van der Waals surface area contributed by atoms with Gasteiger partial charge < -0.3 is 4.90 Å². The molecule has 0 fully saturated rings. The van der Waals surface area contributed by atoms with E-state index in [0.29, 0.717) is 23.9 Å². The minimum Gasteiger partial charge on any atom is -0.333 e. The molecular formula is C32H29FN3S+. The first kappa shape index (κ1) is 23.6. The van der Waals surface area contributed by atoms with E-state index in [4.69, 9.17) is 0 Å². The third-order valence-corrected chi connectivity index (χ3v) is 8.29. The van der Waals surface area contributed by atoms with Crippen molar-refractivity contribution in [2.75, 3.05) is 11.4 Å². The van der Waals surface area contributed by atoms with Crippen molar-refractivity contribution in [2.24, 2.45) is 7.05 Å². The molecule has 0 spiro atoms. The summed E-state index contributed by atoms with van der Waals surface area (Å²) >= 11 is 1.52. The molecule has 0 saturated heterocycles. The van der Waals surface area contributed by atoms with Crippen LogP contribution in [-0.2, 0) is 13.6 Å². The van der Waals surface area contributed by atoms with E-state index in [-0.39, 0.29) is 5.83 Å². The number of anilines is 1. The van der Waals surface area contributed by atoms with Crippen LogP contribution >= 0.6 is 11.8 Å². The van der Waals surface area contributed by atoms with Crippen LogP contribution in [0.3, 0.4) is 0 Å². The molecule has 2 heterocycles. The van der Waals surface area contributed by atoms with E-state index in [0.717, 1.165) is 43.9 Å². The fourth-order valence-electron chi connectivity index (χ4n) is 5.29. The van der Waals surface area contributed by atoms with Crippen LogP contribution in [0.5, 0.6) is 0 Å². The Kier molecular flexibility index (Phi) is 6.09. The summed E-state index contributed by atoms with van der Waals surface area (Å²) in [7, 11) is 1.96. The molecule has 0 amide bonds. The normalized spacial score (nSPS) is 14.3. The summed E-state index contributed by atoms with van der Waals surface area (Å²) in [4.78, 5) is 3.19. The molecule has 0 bridgehead atoms. The molecule has 0 N–H and O–H groups in total. The third kappa shape index (κ3) is 3.94. The predicted octanol–water partition coefficient (Wildman–Crippen LogP) is 8.05. The summed E-state index contributed by atoms with van der Waals surface area (Å²) in [5.41, 5.74) is 7.70. The summed E-state index contributed by atoms with van der Waals surface area (Å²) in [5.74, 6) is 0.408. The minimum atomic E-state index is -0.189. The fourth-order valence-corrected chi connectivity index (χ4v) is 6.43. The Bertz CT molecular complexity index is 1640. The topological polar surface area (TPSA) is 12.1 Å². The van der Waals surface area contributed by atoms with Crippen LogP contribution in [0.2, 0.25) is 0 Å². The highest BCUT2D eigenvalue weighted by atomic mass is 32.2. The highest BCUT2D eigenvalue weighted by Crippen LogP contribution is 2.50. The van der Waals surface area contributed by atoms with E-state index < -0.39 is 0 Å². The Morgan fingerprint density at radius 3 is 2.00 bits per heavy atom. The van der Waals surface area contributed by atoms with Gasteiger partial charge in [0, 0.05) is 11.4 Å². The number of rotatable bonds is 5. The smallest absolute Gasteiger partial charge is 0.321 e. The van der Waals surface area contributed by atoms with Crippen molar-refractivity contribution in [1.82, 2.24) is 4.57 Å². The number of nitrogens with zero attached hydrogens (tertiary/aromatic N) is 3. The van der Waals surface area contributed by atoms with E-state index in [1.165, 1.54) is 11.8 Å². The van der Waals surface area contributed by atoms with Crippen LogP contribution in [0.4, 0.5) is 10.1 Å². The highest BCUT2D eigenvalue weighted by molar-refractivity contribution is 8.04. The highest BCUT2D eigenvalue weighted by Gasteiger charge is 2.34. The van der Waals surface area contributed by atoms with Crippen molar-refractivity contribution in [3.05, 3.63) is 108 Å². The van der Waals surface area contributed by atoms with E-state index >= 15 is 4.39 Å². The number of benzene rings is 4. The molecule has 4 aromatic carbocycles. The number of halogens is 1. The van der Waals surface area contributed by atoms with E-state index in [2.05, 4.69) is 84.0 Å². The molecule has 1 aromatic heterocycles. The first-order valence-corrected chi connectivity index (χ1v) is 13.5. The van der Waals surface area contributed by atoms with Gasteiger partial charge in [0.05, 0.1) is 19.3 Å². The van der Waals surface area contributed by atoms with E-state index in [9.17, 15) is 0 Å². The zero-order chi connectivity index (χ0) is 25.5. The van der Waals surface area contributed by atoms with Gasteiger partial charge in [-0.3, -0.25) is 0 Å². The third-order valence-electron chi connectivity index (χ3n) is 7.13. The first-order valence-electron chi connectivity index (χ1n) is 12.7. The zero-order valence-corrected chi connectivity index (χ0v) is 22.1. The maximum atomic E-state index is 16.6. The molecule has 6 rings (SSSR count). The summed E-state index contributed by atoms with van der Waals surface area (Å²) in [6, 6.07) is 33.5. The second kappa shape index (κ2) is 9.56. The fraction of sp³-hybridized carbons (Fsp3) is 0.156. The lowest BCUT2D eigenvalue weighted by atomic mass is 10.0. The van der Waals surface area contributed by atoms with Gasteiger partial charge in [0.25, 0.3) is 0 Å². The minimum absolute atomic E-state index is 0.189. The monoisotopic (exact) mass is 506 g/mol. The molecule has 0 radical (unpaired) electrons. The standard InChI is InChI=1S/C32H29FN3S/c1-4-35-27-20-24(22-12-8-6-9-13-22)16-18-26(27)34(3)31(35)30(33)32-36(5-2)28-21-25(17-19-29(28)37-32)23-14-10-7-11-15-23/h6-21H,4-5H2,1-3H3/q+1. The lowest BCUT2D eigenvalue weighted by molar-refractivity contribution is -0.648. The molecule has 37 heavy (non-hydrogen) atoms. The molecule has 0 saturated carbocycles. The van der Waals surface area contributed by atoms with Crippen molar-refractivity contribution in [1.29, 1.82) is 0 Å². The molecular weight excluding hydrogens is 477 g/mol. The molecule has 1 aliphatic heterocycles. The zero-order valence-electron chi connectivity index (χ0n) is 21.3. The average molecular weight is 507 g/mol. The van der Waals surface area contributed by atoms with Gasteiger partial charge in [-0.25, -0.2) is 9.13 Å². The summed E-state index contributed by atoms with van der Waals surface area (Å²) in [5, 5.41) is 0.652. The van der Waals surface area contributed by atoms with Crippen LogP contribution < -0.4 is 9.47 Å². The Labute approximate surface area is 221 Å². The second-order valence-electron chi connectivity index (χ2n) is 9.21. The SMILES string of the molecule is CCN1C(=C(F)c2n(CC)c3cc(-c4ccccc4)ccc3[n+]2C)Sc2ccc(-c3ccccc3)cc21. The van der Waals surface area contributed by atoms with Gasteiger partial charge in [-0.15, -0.1) is 0 Å².